The van der Waals surface area contributed by atoms with Crippen LogP contribution in [0.5, 0.6) is 0 Å². The number of nitrogens with zero attached hydrogens (tertiary/aromatic N) is 3. The van der Waals surface area contributed by atoms with E-state index in [4.69, 9.17) is 21.2 Å². The van der Waals surface area contributed by atoms with Gasteiger partial charge in [0.2, 0.25) is 11.8 Å². The van der Waals surface area contributed by atoms with Gasteiger partial charge in [0.15, 0.2) is 10.8 Å². The molecule has 1 fully saturated rings. The summed E-state index contributed by atoms with van der Waals surface area (Å²) in [5.74, 6) is -2.01. The molecule has 1 aliphatic rings. The topological polar surface area (TPSA) is 203 Å². The Morgan fingerprint density at radius 3 is 2.65 bits per heavy atom. The Morgan fingerprint density at radius 1 is 1.30 bits per heavy atom. The molecule has 3 rings (SSSR count). The molecule has 0 radical (unpaired) electrons. The van der Waals surface area contributed by atoms with Crippen LogP contribution in [0.2, 0.25) is 0 Å². The number of carbonyl (C=O) groups is 4. The smallest absolute Gasteiger partial charge is 0.407 e. The molecule has 4 N–H and O–H groups in total. The molecule has 0 aliphatic carbocycles. The number of nitrogens with one attached hydrogen (secondary N) is 4. The average molecular weight is 554 g/mol. The number of oxime groups is 1. The predicted molar refractivity (Wildman–Crippen MR) is 130 cm³/mol. The van der Waals surface area contributed by atoms with Gasteiger partial charge in [-0.2, -0.15) is 0 Å². The molecule has 2 atom stereocenters. The van der Waals surface area contributed by atoms with Gasteiger partial charge in [-0.1, -0.05) is 5.16 Å². The third-order valence-electron chi connectivity index (χ3n) is 4.79. The zero-order valence-electron chi connectivity index (χ0n) is 19.1. The molecule has 2 unspecified atom stereocenters. The highest BCUT2D eigenvalue weighted by molar-refractivity contribution is 7.14. The van der Waals surface area contributed by atoms with E-state index in [1.165, 1.54) is 36.8 Å². The molecule has 1 aromatic carbocycles. The van der Waals surface area contributed by atoms with Gasteiger partial charge in [0.1, 0.15) is 31.3 Å². The first kappa shape index (κ1) is 27.3. The van der Waals surface area contributed by atoms with Gasteiger partial charge < -0.3 is 30.8 Å². The molecule has 17 heteroatoms. The number of thiazole rings is 1. The highest BCUT2D eigenvalue weighted by Gasteiger charge is 2.41. The molecular formula is C20H20ClN7O8S. The SMILES string of the molecule is CON=C(C(=O)NC1C(=O)NC1CNC(=O)OCc1ccc([N+](=O)[O-])cc1)c1csc(NC(=O)CCl)n1. The first-order valence-corrected chi connectivity index (χ1v) is 11.8. The number of alkyl halides is 1. The van der Waals surface area contributed by atoms with Crippen LogP contribution in [0, 0.1) is 10.1 Å². The van der Waals surface area contributed by atoms with Crippen LogP contribution in [0.15, 0.2) is 34.8 Å². The lowest BCUT2D eigenvalue weighted by Gasteiger charge is -2.36. The predicted octanol–water partition coefficient (Wildman–Crippen LogP) is 0.489. The molecule has 2 heterocycles. The summed E-state index contributed by atoms with van der Waals surface area (Å²) in [6.45, 7) is -0.184. The number of carbonyl (C=O) groups excluding carboxylic acids is 4. The maximum Gasteiger partial charge on any atom is 0.407 e. The van der Waals surface area contributed by atoms with E-state index in [9.17, 15) is 29.3 Å². The van der Waals surface area contributed by atoms with Crippen molar-refractivity contribution in [2.75, 3.05) is 24.9 Å². The Hall–Kier alpha value is -4.31. The van der Waals surface area contributed by atoms with Crippen molar-refractivity contribution < 1.29 is 33.7 Å². The fourth-order valence-electron chi connectivity index (χ4n) is 2.98. The molecule has 15 nitrogen and oxygen atoms in total. The van der Waals surface area contributed by atoms with Gasteiger partial charge in [-0.3, -0.25) is 24.5 Å². The number of halogens is 1. The maximum atomic E-state index is 12.8. The average Bonchev–Trinajstić information content (AvgIpc) is 3.34. The number of ether oxygens (including phenoxy) is 1. The van der Waals surface area contributed by atoms with Gasteiger partial charge in [0.25, 0.3) is 11.6 Å². The molecule has 196 valence electrons. The van der Waals surface area contributed by atoms with Crippen molar-refractivity contribution in [3.63, 3.8) is 0 Å². The van der Waals surface area contributed by atoms with Gasteiger partial charge in [-0.15, -0.1) is 22.9 Å². The van der Waals surface area contributed by atoms with Crippen molar-refractivity contribution in [1.29, 1.82) is 0 Å². The standard InChI is InChI=1S/C20H20ClN7O8S/c1-35-27-16(13-9-37-19(24-13)25-14(29)6-21)18(31)26-15-12(23-17(15)30)7-22-20(32)36-8-10-2-4-11(5-3-10)28(33)34/h2-5,9,12,15H,6-8H2,1H3,(H,22,32)(H,23,30)(H,26,31)(H,24,25,29). The minimum atomic E-state index is -0.987. The van der Waals surface area contributed by atoms with Crippen LogP contribution < -0.4 is 21.3 Å². The Bertz CT molecular complexity index is 1220. The Labute approximate surface area is 217 Å². The maximum absolute atomic E-state index is 12.8. The van der Waals surface area contributed by atoms with E-state index in [2.05, 4.69) is 31.4 Å². The lowest BCUT2D eigenvalue weighted by molar-refractivity contribution is -0.384. The normalized spacial score (nSPS) is 16.6. The van der Waals surface area contributed by atoms with Crippen LogP contribution in [-0.4, -0.2) is 71.1 Å². The third kappa shape index (κ3) is 7.34. The molecule has 37 heavy (non-hydrogen) atoms. The second-order valence-electron chi connectivity index (χ2n) is 7.29. The van der Waals surface area contributed by atoms with Crippen LogP contribution >= 0.6 is 22.9 Å². The molecule has 4 amide bonds. The quantitative estimate of drug-likeness (QED) is 0.100. The third-order valence-corrected chi connectivity index (χ3v) is 5.80. The first-order chi connectivity index (χ1) is 17.7. The van der Waals surface area contributed by atoms with E-state index in [1.807, 2.05) is 0 Å². The highest BCUT2D eigenvalue weighted by Crippen LogP contribution is 2.17. The Balaban J connectivity index is 1.51. The van der Waals surface area contributed by atoms with E-state index in [0.717, 1.165) is 11.3 Å². The monoisotopic (exact) mass is 553 g/mol. The molecule has 1 aromatic heterocycles. The second kappa shape index (κ2) is 12.6. The van der Waals surface area contributed by atoms with Gasteiger partial charge >= 0.3 is 6.09 Å². The number of benzene rings is 1. The lowest BCUT2D eigenvalue weighted by Crippen LogP contribution is -2.72. The lowest BCUT2D eigenvalue weighted by atomic mass is 9.98. The molecule has 0 bridgehead atoms. The molecule has 2 aromatic rings. The van der Waals surface area contributed by atoms with Crippen molar-refractivity contribution in [2.24, 2.45) is 5.16 Å². The fourth-order valence-corrected chi connectivity index (χ4v) is 3.76. The number of anilines is 1. The van der Waals surface area contributed by atoms with E-state index in [-0.39, 0.29) is 41.3 Å². The number of non-ortho nitro benzene ring substituents is 1. The fraction of sp³-hybridized carbons (Fsp3) is 0.300. The van der Waals surface area contributed by atoms with Crippen molar-refractivity contribution >= 4 is 63.3 Å². The number of nitro benzene ring substituents is 1. The zero-order chi connectivity index (χ0) is 26.9. The minimum absolute atomic E-state index is 0.0577. The van der Waals surface area contributed by atoms with Crippen molar-refractivity contribution in [2.45, 2.75) is 18.7 Å². The minimum Gasteiger partial charge on any atom is -0.445 e. The largest absolute Gasteiger partial charge is 0.445 e. The van der Waals surface area contributed by atoms with Crippen molar-refractivity contribution in [1.82, 2.24) is 20.9 Å². The van der Waals surface area contributed by atoms with Crippen LogP contribution in [0.25, 0.3) is 0 Å². The van der Waals surface area contributed by atoms with Crippen molar-refractivity contribution in [3.8, 4) is 0 Å². The molecular weight excluding hydrogens is 534 g/mol. The number of hydrogen-bond acceptors (Lipinski definition) is 11. The molecule has 0 spiro atoms. The summed E-state index contributed by atoms with van der Waals surface area (Å²) in [6, 6.07) is 3.87. The molecule has 1 aliphatic heterocycles. The number of β-lactam (4-membered cyclic amide) rings is 1. The van der Waals surface area contributed by atoms with Gasteiger partial charge in [0, 0.05) is 24.1 Å². The van der Waals surface area contributed by atoms with E-state index >= 15 is 0 Å². The van der Waals surface area contributed by atoms with Crippen LogP contribution in [0.4, 0.5) is 15.6 Å². The van der Waals surface area contributed by atoms with Crippen LogP contribution in [-0.2, 0) is 30.6 Å². The summed E-state index contributed by atoms with van der Waals surface area (Å²) < 4.78 is 5.06. The summed E-state index contributed by atoms with van der Waals surface area (Å²) in [4.78, 5) is 67.2. The van der Waals surface area contributed by atoms with Crippen LogP contribution in [0.3, 0.4) is 0 Å². The number of alkyl carbamates (subject to hydrolysis) is 1. The van der Waals surface area contributed by atoms with Crippen LogP contribution in [0.1, 0.15) is 11.3 Å². The van der Waals surface area contributed by atoms with Crippen molar-refractivity contribution in [3.05, 3.63) is 51.0 Å². The molecule has 1 saturated heterocycles. The summed E-state index contributed by atoms with van der Waals surface area (Å²) in [7, 11) is 1.22. The van der Waals surface area contributed by atoms with E-state index in [0.29, 0.717) is 5.56 Å². The number of amides is 4. The Morgan fingerprint density at radius 2 is 2.03 bits per heavy atom. The second-order valence-corrected chi connectivity index (χ2v) is 8.41. The first-order valence-electron chi connectivity index (χ1n) is 10.4. The van der Waals surface area contributed by atoms with E-state index in [1.54, 1.807) is 0 Å². The summed E-state index contributed by atoms with van der Waals surface area (Å²) in [5.41, 5.74) is 0.312. The zero-order valence-corrected chi connectivity index (χ0v) is 20.6. The summed E-state index contributed by atoms with van der Waals surface area (Å²) in [5, 5.41) is 26.0. The summed E-state index contributed by atoms with van der Waals surface area (Å²) >= 11 is 6.48. The number of nitro groups is 1. The number of rotatable bonds is 11. The van der Waals surface area contributed by atoms with Gasteiger partial charge in [-0.25, -0.2) is 9.78 Å². The summed E-state index contributed by atoms with van der Waals surface area (Å²) in [6.07, 6.45) is -0.791. The highest BCUT2D eigenvalue weighted by atomic mass is 35.5. The number of aromatic nitrogens is 1. The molecule has 0 saturated carbocycles. The number of hydrogen-bond donors (Lipinski definition) is 4. The Kier molecular flexibility index (Phi) is 9.28. The van der Waals surface area contributed by atoms with Gasteiger partial charge in [0.05, 0.1) is 11.0 Å². The van der Waals surface area contributed by atoms with E-state index < -0.39 is 40.8 Å². The van der Waals surface area contributed by atoms with Gasteiger partial charge in [-0.05, 0) is 17.7 Å².